The Morgan fingerprint density at radius 1 is 0.610 bits per heavy atom. The second-order valence-electron chi connectivity index (χ2n) is 9.98. The lowest BCUT2D eigenvalue weighted by molar-refractivity contribution is 0.0990. The van der Waals surface area contributed by atoms with Crippen LogP contribution in [0.2, 0.25) is 0 Å². The fraction of sp³-hybridized carbons (Fsp3) is 0. The maximum Gasteiger partial charge on any atom is 0.197 e. The number of aromatic nitrogens is 1. The fourth-order valence-corrected chi connectivity index (χ4v) is 6.69. The first-order chi connectivity index (χ1) is 20.2. The Kier molecular flexibility index (Phi) is 5.23. The van der Waals surface area contributed by atoms with E-state index in [0.29, 0.717) is 11.1 Å². The van der Waals surface area contributed by atoms with Crippen LogP contribution < -0.4 is 9.80 Å². The average molecular weight is 548 g/mol. The lowest BCUT2D eigenvalue weighted by Crippen LogP contribution is -2.24. The zero-order chi connectivity index (χ0) is 27.5. The number of carbonyl (C=O) groups is 2. The molecule has 1 aliphatic carbocycles. The van der Waals surface area contributed by atoms with Crippen LogP contribution in [0.4, 0.5) is 33.6 Å². The molecule has 0 saturated carbocycles. The molecule has 6 aromatic rings. The van der Waals surface area contributed by atoms with Crippen molar-refractivity contribution in [2.24, 2.45) is 0 Å². The molecule has 0 amide bonds. The molecular weight excluding hydrogens is 526 g/mol. The normalized spacial score (nSPS) is 13.8. The third-order valence-corrected chi connectivity index (χ3v) is 8.60. The minimum atomic E-state index is -0.223. The summed E-state index contributed by atoms with van der Waals surface area (Å²) in [4.78, 5) is 36.7. The molecule has 2 aliphatic rings. The lowest BCUT2D eigenvalue weighted by atomic mass is 10.0. The predicted molar refractivity (Wildman–Crippen MR) is 166 cm³/mol. The number of anilines is 6. The van der Waals surface area contributed by atoms with Crippen molar-refractivity contribution in [3.8, 4) is 0 Å². The van der Waals surface area contributed by atoms with Crippen molar-refractivity contribution in [3.05, 3.63) is 143 Å². The molecule has 8 rings (SSSR count). The minimum Gasteiger partial charge on any atom is -0.305 e. The summed E-state index contributed by atoms with van der Waals surface area (Å²) in [5.74, 6) is 0.363. The van der Waals surface area contributed by atoms with Crippen LogP contribution in [-0.4, -0.2) is 16.6 Å². The Bertz CT molecular complexity index is 1960. The van der Waals surface area contributed by atoms with Gasteiger partial charge in [-0.25, -0.2) is 4.98 Å². The first-order valence-corrected chi connectivity index (χ1v) is 14.1. The molecule has 194 valence electrons. The van der Waals surface area contributed by atoms with Gasteiger partial charge in [-0.05, 0) is 77.5 Å². The number of nitrogens with zero attached hydrogens (tertiary/aromatic N) is 3. The van der Waals surface area contributed by atoms with E-state index in [-0.39, 0.29) is 17.1 Å². The fourth-order valence-electron chi connectivity index (χ4n) is 5.72. The quantitative estimate of drug-likeness (QED) is 0.163. The molecular formula is C35H21N3O2S. The number of benzene rings is 4. The summed E-state index contributed by atoms with van der Waals surface area (Å²) in [6.45, 7) is 0. The number of allylic oxidation sites excluding steroid dienone is 1. The zero-order valence-electron chi connectivity index (χ0n) is 21.7. The third-order valence-electron chi connectivity index (χ3n) is 7.58. The van der Waals surface area contributed by atoms with Crippen molar-refractivity contribution in [2.45, 2.75) is 0 Å². The van der Waals surface area contributed by atoms with Crippen molar-refractivity contribution in [1.29, 1.82) is 0 Å². The second kappa shape index (κ2) is 9.11. The molecule has 0 radical (unpaired) electrons. The second-order valence-corrected chi connectivity index (χ2v) is 11.1. The number of para-hydroxylation sites is 3. The highest BCUT2D eigenvalue weighted by Gasteiger charge is 2.34. The van der Waals surface area contributed by atoms with Crippen LogP contribution in [0.3, 0.4) is 0 Å². The van der Waals surface area contributed by atoms with Crippen LogP contribution in [0.5, 0.6) is 0 Å². The van der Waals surface area contributed by atoms with Crippen molar-refractivity contribution in [1.82, 2.24) is 4.98 Å². The van der Waals surface area contributed by atoms with E-state index < -0.39 is 0 Å². The summed E-state index contributed by atoms with van der Waals surface area (Å²) in [5, 5.41) is 2.84. The topological polar surface area (TPSA) is 53.5 Å². The van der Waals surface area contributed by atoms with E-state index in [0.717, 1.165) is 49.2 Å². The van der Waals surface area contributed by atoms with Crippen LogP contribution in [0.25, 0.3) is 16.8 Å². The smallest absolute Gasteiger partial charge is 0.197 e. The first kappa shape index (κ1) is 23.5. The molecule has 0 bridgehead atoms. The van der Waals surface area contributed by atoms with Gasteiger partial charge in [0.05, 0.1) is 22.6 Å². The summed E-state index contributed by atoms with van der Waals surface area (Å²) < 4.78 is 0. The van der Waals surface area contributed by atoms with Crippen LogP contribution in [0, 0.1) is 0 Å². The van der Waals surface area contributed by atoms with Crippen molar-refractivity contribution < 1.29 is 9.59 Å². The molecule has 0 fully saturated rings. The van der Waals surface area contributed by atoms with Gasteiger partial charge >= 0.3 is 0 Å². The number of carbonyl (C=O) groups excluding carboxylic acids is 2. The van der Waals surface area contributed by atoms with Gasteiger partial charge in [0, 0.05) is 27.9 Å². The number of ketones is 2. The standard InChI is InChI=1S/C35H21N3O2S/c39-33-26-19-22-9-4-5-10-23(22)20-27(26)34(40)28(33)21-25-16-17-32(41-25)38-30-14-7-6-13-29(30)37(24-11-2-1-3-12-24)31-15-8-18-36-35(31)38/h1-21H. The Morgan fingerprint density at radius 2 is 1.22 bits per heavy atom. The van der Waals surface area contributed by atoms with Crippen molar-refractivity contribution >= 4 is 73.3 Å². The summed E-state index contributed by atoms with van der Waals surface area (Å²) in [7, 11) is 0. The summed E-state index contributed by atoms with van der Waals surface area (Å²) in [5.41, 5.74) is 5.20. The third kappa shape index (κ3) is 3.65. The van der Waals surface area contributed by atoms with Crippen LogP contribution in [0.15, 0.2) is 127 Å². The van der Waals surface area contributed by atoms with Gasteiger partial charge in [-0.1, -0.05) is 54.6 Å². The maximum atomic E-state index is 13.4. The van der Waals surface area contributed by atoms with Gasteiger partial charge in [0.2, 0.25) is 0 Å². The number of rotatable bonds is 3. The van der Waals surface area contributed by atoms with E-state index in [2.05, 4.69) is 40.1 Å². The summed E-state index contributed by atoms with van der Waals surface area (Å²) >= 11 is 1.52. The highest BCUT2D eigenvalue weighted by Crippen LogP contribution is 2.54. The zero-order valence-corrected chi connectivity index (χ0v) is 22.5. The number of hydrogen-bond acceptors (Lipinski definition) is 6. The van der Waals surface area contributed by atoms with E-state index in [1.807, 2.05) is 84.9 Å². The molecule has 5 nitrogen and oxygen atoms in total. The molecule has 4 aromatic carbocycles. The van der Waals surface area contributed by atoms with Crippen molar-refractivity contribution in [3.63, 3.8) is 0 Å². The van der Waals surface area contributed by atoms with E-state index in [4.69, 9.17) is 4.98 Å². The van der Waals surface area contributed by atoms with Crippen LogP contribution in [-0.2, 0) is 0 Å². The highest BCUT2D eigenvalue weighted by atomic mass is 32.1. The number of thiophene rings is 1. The SMILES string of the molecule is O=C1C(=Cc2ccc(N3c4ccccc4N(c4ccccc4)c4cccnc43)s2)C(=O)c2cc3ccccc3cc21. The molecule has 0 atom stereocenters. The monoisotopic (exact) mass is 547 g/mol. The Balaban J connectivity index is 1.21. The lowest BCUT2D eigenvalue weighted by Gasteiger charge is -2.38. The molecule has 3 heterocycles. The molecule has 0 unspecified atom stereocenters. The van der Waals surface area contributed by atoms with Gasteiger partial charge in [-0.3, -0.25) is 14.5 Å². The minimum absolute atomic E-state index is 0.205. The molecule has 6 heteroatoms. The van der Waals surface area contributed by atoms with Gasteiger partial charge in [0.1, 0.15) is 5.00 Å². The average Bonchev–Trinajstić information content (AvgIpc) is 3.57. The van der Waals surface area contributed by atoms with Crippen LogP contribution >= 0.6 is 11.3 Å². The first-order valence-electron chi connectivity index (χ1n) is 13.3. The molecule has 2 aromatic heterocycles. The Hall–Kier alpha value is -5.33. The van der Waals surface area contributed by atoms with E-state index in [9.17, 15) is 9.59 Å². The predicted octanol–water partition coefficient (Wildman–Crippen LogP) is 9.01. The number of fused-ring (bicyclic) bond motifs is 4. The molecule has 0 spiro atoms. The largest absolute Gasteiger partial charge is 0.305 e. The van der Waals surface area contributed by atoms with Gasteiger partial charge < -0.3 is 4.90 Å². The van der Waals surface area contributed by atoms with Crippen molar-refractivity contribution in [2.75, 3.05) is 9.80 Å². The Labute approximate surface area is 240 Å². The highest BCUT2D eigenvalue weighted by molar-refractivity contribution is 7.17. The number of hydrogen-bond donors (Lipinski definition) is 0. The number of pyridine rings is 1. The van der Waals surface area contributed by atoms with E-state index >= 15 is 0 Å². The van der Waals surface area contributed by atoms with Gasteiger partial charge in [0.25, 0.3) is 0 Å². The van der Waals surface area contributed by atoms with Gasteiger partial charge in [-0.2, -0.15) is 0 Å². The van der Waals surface area contributed by atoms with Crippen LogP contribution in [0.1, 0.15) is 25.6 Å². The maximum absolute atomic E-state index is 13.4. The van der Waals surface area contributed by atoms with E-state index in [1.54, 1.807) is 12.3 Å². The molecule has 41 heavy (non-hydrogen) atoms. The molecule has 1 aliphatic heterocycles. The molecule has 0 saturated heterocycles. The number of Topliss-reactive ketones (excluding diaryl/α,β-unsaturated/α-hetero) is 2. The van der Waals surface area contributed by atoms with Gasteiger partial charge in [-0.15, -0.1) is 11.3 Å². The molecule has 0 N–H and O–H groups in total. The van der Waals surface area contributed by atoms with Gasteiger partial charge in [0.15, 0.2) is 17.4 Å². The Morgan fingerprint density at radius 3 is 1.93 bits per heavy atom. The summed E-state index contributed by atoms with van der Waals surface area (Å²) in [6.07, 6.45) is 3.53. The summed E-state index contributed by atoms with van der Waals surface area (Å²) in [6, 6.07) is 38.0. The van der Waals surface area contributed by atoms with E-state index in [1.165, 1.54) is 11.3 Å².